The molecule has 3 heterocycles. The van der Waals surface area contributed by atoms with Crippen molar-refractivity contribution in [3.63, 3.8) is 0 Å². The lowest BCUT2D eigenvalue weighted by molar-refractivity contribution is -0.0570. The van der Waals surface area contributed by atoms with Gasteiger partial charge in [0, 0.05) is 5.25 Å². The van der Waals surface area contributed by atoms with Crippen LogP contribution in [0.25, 0.3) is 11.2 Å². The predicted octanol–water partition coefficient (Wildman–Crippen LogP) is 5.83. The van der Waals surface area contributed by atoms with Gasteiger partial charge in [-0.25, -0.2) is 23.9 Å². The van der Waals surface area contributed by atoms with Crippen LogP contribution in [0.15, 0.2) is 72.0 Å². The van der Waals surface area contributed by atoms with Crippen LogP contribution in [0.4, 0.5) is 4.39 Å². The van der Waals surface area contributed by atoms with E-state index in [0.29, 0.717) is 27.0 Å². The number of thioether (sulfide) groups is 1. The monoisotopic (exact) mass is 596 g/mol. The largest absolute Gasteiger partial charge is 0.459 e. The Morgan fingerprint density at radius 3 is 2.34 bits per heavy atom. The maximum Gasteiger partial charge on any atom is 0.338 e. The minimum absolute atomic E-state index is 0.00792. The number of carbonyl (C=O) groups excluding carboxylic acids is 2. The van der Waals surface area contributed by atoms with E-state index >= 15 is 4.39 Å². The van der Waals surface area contributed by atoms with E-state index in [1.54, 1.807) is 72.4 Å². The van der Waals surface area contributed by atoms with Crippen LogP contribution < -0.4 is 0 Å². The number of nitrogens with zero attached hydrogens (tertiary/aromatic N) is 4. The van der Waals surface area contributed by atoms with Gasteiger partial charge in [0.2, 0.25) is 5.28 Å². The summed E-state index contributed by atoms with van der Waals surface area (Å²) < 4.78 is 34.7. The zero-order chi connectivity index (χ0) is 28.3. The lowest BCUT2D eigenvalue weighted by Gasteiger charge is -2.19. The SMILES string of the molecule is O=C(OC[C@H]1O[C@@H](n2cnc3c(SC4CCCC4)nc(Cl)nc32)[C@@H](F)[C@@H]1OC(=O)c1ccccc1)c1ccccc1. The van der Waals surface area contributed by atoms with Crippen LogP contribution in [0.3, 0.4) is 0 Å². The van der Waals surface area contributed by atoms with E-state index in [2.05, 4.69) is 15.0 Å². The van der Waals surface area contributed by atoms with Gasteiger partial charge in [0.1, 0.15) is 23.3 Å². The molecule has 212 valence electrons. The molecule has 2 fully saturated rings. The molecule has 41 heavy (non-hydrogen) atoms. The molecule has 1 saturated heterocycles. The molecule has 12 heteroatoms. The van der Waals surface area contributed by atoms with Gasteiger partial charge in [-0.05, 0) is 48.7 Å². The van der Waals surface area contributed by atoms with E-state index in [4.69, 9.17) is 25.8 Å². The highest BCUT2D eigenvalue weighted by atomic mass is 35.5. The molecule has 4 aromatic rings. The number of ether oxygens (including phenoxy) is 3. The van der Waals surface area contributed by atoms with Crippen LogP contribution >= 0.6 is 23.4 Å². The fraction of sp³-hybridized carbons (Fsp3) is 0.345. The highest BCUT2D eigenvalue weighted by Gasteiger charge is 2.50. The second kappa shape index (κ2) is 12.1. The fourth-order valence-corrected chi connectivity index (χ4v) is 6.57. The molecule has 1 aliphatic heterocycles. The van der Waals surface area contributed by atoms with Crippen LogP contribution in [-0.4, -0.2) is 61.7 Å². The number of esters is 2. The number of hydrogen-bond acceptors (Lipinski definition) is 9. The van der Waals surface area contributed by atoms with Crippen molar-refractivity contribution in [2.45, 2.75) is 60.6 Å². The number of aromatic nitrogens is 4. The van der Waals surface area contributed by atoms with Gasteiger partial charge in [-0.2, -0.15) is 4.98 Å². The molecule has 0 unspecified atom stereocenters. The van der Waals surface area contributed by atoms with Gasteiger partial charge in [0.15, 0.2) is 24.2 Å². The van der Waals surface area contributed by atoms with Crippen molar-refractivity contribution in [3.8, 4) is 0 Å². The van der Waals surface area contributed by atoms with Gasteiger partial charge in [-0.15, -0.1) is 11.8 Å². The molecule has 0 N–H and O–H groups in total. The number of imidazole rings is 1. The van der Waals surface area contributed by atoms with Crippen molar-refractivity contribution in [2.24, 2.45) is 0 Å². The highest BCUT2D eigenvalue weighted by molar-refractivity contribution is 8.00. The predicted molar refractivity (Wildman–Crippen MR) is 150 cm³/mol. The summed E-state index contributed by atoms with van der Waals surface area (Å²) in [4.78, 5) is 38.7. The van der Waals surface area contributed by atoms with Crippen molar-refractivity contribution in [1.29, 1.82) is 0 Å². The van der Waals surface area contributed by atoms with Crippen molar-refractivity contribution in [1.82, 2.24) is 19.5 Å². The first kappa shape index (κ1) is 27.6. The number of carbonyl (C=O) groups is 2. The van der Waals surface area contributed by atoms with Crippen LogP contribution in [0.2, 0.25) is 5.28 Å². The van der Waals surface area contributed by atoms with E-state index in [1.807, 2.05) is 0 Å². The molecule has 0 amide bonds. The van der Waals surface area contributed by atoms with Gasteiger partial charge in [-0.1, -0.05) is 49.2 Å². The standard InChI is InChI=1S/C29H26ClFN4O5S/c30-29-33-24-22(25(34-29)41-19-13-7-8-14-19)32-16-35(24)26-21(31)23(40-28(37)18-11-5-2-6-12-18)20(39-26)15-38-27(36)17-9-3-1-4-10-17/h1-6,9-12,16,19-21,23,26H,7-8,13-15H2/t20-,21+,23-,26-/m1/s1. The second-order valence-corrected chi connectivity index (χ2v) is 11.5. The van der Waals surface area contributed by atoms with Gasteiger partial charge >= 0.3 is 11.9 Å². The van der Waals surface area contributed by atoms with E-state index in [-0.39, 0.29) is 17.5 Å². The summed E-state index contributed by atoms with van der Waals surface area (Å²) in [5.74, 6) is -1.33. The molecule has 0 spiro atoms. The summed E-state index contributed by atoms with van der Waals surface area (Å²) in [7, 11) is 0. The lowest BCUT2D eigenvalue weighted by atomic mass is 10.1. The Bertz CT molecular complexity index is 1540. The minimum Gasteiger partial charge on any atom is -0.459 e. The molecular weight excluding hydrogens is 571 g/mol. The molecule has 2 aliphatic rings. The van der Waals surface area contributed by atoms with Crippen LogP contribution in [0.5, 0.6) is 0 Å². The van der Waals surface area contributed by atoms with E-state index in [0.717, 1.165) is 25.7 Å². The Morgan fingerprint density at radius 1 is 1.00 bits per heavy atom. The number of hydrogen-bond donors (Lipinski definition) is 0. The minimum atomic E-state index is -1.83. The number of fused-ring (bicyclic) bond motifs is 1. The molecule has 1 saturated carbocycles. The number of halogens is 2. The fourth-order valence-electron chi connectivity index (χ4n) is 5.07. The maximum atomic E-state index is 16.2. The third-order valence-corrected chi connectivity index (χ3v) is 8.61. The molecule has 4 atom stereocenters. The van der Waals surface area contributed by atoms with Gasteiger partial charge in [0.25, 0.3) is 0 Å². The van der Waals surface area contributed by atoms with Crippen LogP contribution in [-0.2, 0) is 14.2 Å². The number of alkyl halides is 1. The van der Waals surface area contributed by atoms with E-state index < -0.39 is 36.5 Å². The number of benzene rings is 2. The zero-order valence-electron chi connectivity index (χ0n) is 21.8. The Hall–Kier alpha value is -3.54. The van der Waals surface area contributed by atoms with Gasteiger partial charge < -0.3 is 14.2 Å². The van der Waals surface area contributed by atoms with Crippen molar-refractivity contribution in [3.05, 3.63) is 83.4 Å². The summed E-state index contributed by atoms with van der Waals surface area (Å²) in [6, 6.07) is 16.6. The average molecular weight is 597 g/mol. The highest BCUT2D eigenvalue weighted by Crippen LogP contribution is 2.40. The summed E-state index contributed by atoms with van der Waals surface area (Å²) in [6.45, 7) is -0.345. The Morgan fingerprint density at radius 2 is 1.66 bits per heavy atom. The molecule has 9 nitrogen and oxygen atoms in total. The van der Waals surface area contributed by atoms with Crippen molar-refractivity contribution < 1.29 is 28.2 Å². The first-order valence-corrected chi connectivity index (χ1v) is 14.6. The van der Waals surface area contributed by atoms with Crippen LogP contribution in [0, 0.1) is 0 Å². The average Bonchev–Trinajstić information content (AvgIpc) is 3.73. The summed E-state index contributed by atoms with van der Waals surface area (Å²) >= 11 is 7.88. The summed E-state index contributed by atoms with van der Waals surface area (Å²) in [6.07, 6.45) is 0.301. The smallest absolute Gasteiger partial charge is 0.338 e. The van der Waals surface area contributed by atoms with Gasteiger partial charge in [0.05, 0.1) is 17.5 Å². The summed E-state index contributed by atoms with van der Waals surface area (Å²) in [5.41, 5.74) is 1.37. The normalized spacial score (nSPS) is 22.7. The van der Waals surface area contributed by atoms with E-state index in [9.17, 15) is 9.59 Å². The lowest BCUT2D eigenvalue weighted by Crippen LogP contribution is -2.37. The van der Waals surface area contributed by atoms with Crippen molar-refractivity contribution in [2.75, 3.05) is 6.61 Å². The van der Waals surface area contributed by atoms with E-state index in [1.165, 1.54) is 10.9 Å². The Balaban J connectivity index is 1.28. The molecule has 6 rings (SSSR count). The molecule has 1 aliphatic carbocycles. The van der Waals surface area contributed by atoms with Crippen LogP contribution in [0.1, 0.15) is 52.6 Å². The topological polar surface area (TPSA) is 105 Å². The molecule has 2 aromatic heterocycles. The summed E-state index contributed by atoms with van der Waals surface area (Å²) in [5, 5.41) is 1.03. The maximum absolute atomic E-state index is 16.2. The zero-order valence-corrected chi connectivity index (χ0v) is 23.3. The molecule has 0 bridgehead atoms. The Labute approximate surface area is 244 Å². The van der Waals surface area contributed by atoms with Gasteiger partial charge in [-0.3, -0.25) is 4.57 Å². The third kappa shape index (κ3) is 5.93. The molecule has 2 aromatic carbocycles. The Kier molecular flexibility index (Phi) is 8.18. The first-order chi connectivity index (χ1) is 20.0. The quantitative estimate of drug-likeness (QED) is 0.141. The number of rotatable bonds is 8. The molecular formula is C29H26ClFN4O5S. The van der Waals surface area contributed by atoms with Crippen molar-refractivity contribution >= 4 is 46.5 Å². The molecule has 0 radical (unpaired) electrons. The second-order valence-electron chi connectivity index (χ2n) is 9.86. The third-order valence-electron chi connectivity index (χ3n) is 7.12. The first-order valence-electron chi connectivity index (χ1n) is 13.3.